The van der Waals surface area contributed by atoms with Crippen molar-refractivity contribution >= 4 is 12.0 Å². The lowest BCUT2D eigenvalue weighted by atomic mass is 9.84. The van der Waals surface area contributed by atoms with E-state index in [1.807, 2.05) is 20.8 Å². The molecule has 0 aromatic heterocycles. The third-order valence-electron chi connectivity index (χ3n) is 3.97. The van der Waals surface area contributed by atoms with Crippen LogP contribution in [-0.4, -0.2) is 41.6 Å². The summed E-state index contributed by atoms with van der Waals surface area (Å²) in [4.78, 5) is 25.5. The van der Waals surface area contributed by atoms with Crippen LogP contribution in [-0.2, 0) is 9.53 Å². The van der Waals surface area contributed by atoms with Gasteiger partial charge in [0.1, 0.15) is 5.60 Å². The van der Waals surface area contributed by atoms with Crippen molar-refractivity contribution < 1.29 is 14.3 Å². The normalized spacial score (nSPS) is 21.2. The summed E-state index contributed by atoms with van der Waals surface area (Å²) in [5, 5.41) is 3.11. The molecule has 2 rings (SSSR count). The molecule has 0 aromatic rings. The van der Waals surface area contributed by atoms with E-state index in [4.69, 9.17) is 4.74 Å². The molecule has 2 amide bonds. The van der Waals surface area contributed by atoms with E-state index in [0.29, 0.717) is 13.1 Å². The zero-order valence-electron chi connectivity index (χ0n) is 12.8. The smallest absolute Gasteiger partial charge is 0.410 e. The Balaban J connectivity index is 1.71. The largest absolute Gasteiger partial charge is 0.444 e. The van der Waals surface area contributed by atoms with Crippen molar-refractivity contribution in [3.8, 4) is 0 Å². The van der Waals surface area contributed by atoms with E-state index in [2.05, 4.69) is 5.32 Å². The minimum absolute atomic E-state index is 0.201. The molecule has 5 nitrogen and oxygen atoms in total. The lowest BCUT2D eigenvalue weighted by molar-refractivity contribution is -0.128. The van der Waals surface area contributed by atoms with Crippen molar-refractivity contribution in [2.45, 2.75) is 64.5 Å². The van der Waals surface area contributed by atoms with Gasteiger partial charge < -0.3 is 15.0 Å². The van der Waals surface area contributed by atoms with Crippen LogP contribution in [0.1, 0.15) is 52.9 Å². The van der Waals surface area contributed by atoms with Crippen LogP contribution in [0.5, 0.6) is 0 Å². The van der Waals surface area contributed by atoms with Crippen LogP contribution in [0, 0.1) is 5.92 Å². The van der Waals surface area contributed by atoms with Gasteiger partial charge in [-0.25, -0.2) is 4.79 Å². The summed E-state index contributed by atoms with van der Waals surface area (Å²) in [6.45, 7) is 6.93. The molecule has 1 heterocycles. The zero-order chi connectivity index (χ0) is 14.8. The quantitative estimate of drug-likeness (QED) is 0.845. The monoisotopic (exact) mass is 282 g/mol. The summed E-state index contributed by atoms with van der Waals surface area (Å²) in [6, 6.07) is 0.210. The number of rotatable bonds is 2. The minimum atomic E-state index is -0.452. The van der Waals surface area contributed by atoms with Crippen molar-refractivity contribution in [1.82, 2.24) is 10.2 Å². The van der Waals surface area contributed by atoms with E-state index in [0.717, 1.165) is 25.7 Å². The maximum Gasteiger partial charge on any atom is 0.410 e. The van der Waals surface area contributed by atoms with E-state index in [9.17, 15) is 9.59 Å². The third kappa shape index (κ3) is 4.12. The summed E-state index contributed by atoms with van der Waals surface area (Å²) >= 11 is 0. The van der Waals surface area contributed by atoms with Gasteiger partial charge >= 0.3 is 6.09 Å². The number of piperidine rings is 1. The van der Waals surface area contributed by atoms with Gasteiger partial charge in [0.15, 0.2) is 0 Å². The molecule has 1 aliphatic carbocycles. The van der Waals surface area contributed by atoms with Gasteiger partial charge in [-0.15, -0.1) is 0 Å². The molecule has 0 radical (unpaired) electrons. The molecule has 2 fully saturated rings. The van der Waals surface area contributed by atoms with Gasteiger partial charge in [0.05, 0.1) is 0 Å². The summed E-state index contributed by atoms with van der Waals surface area (Å²) in [6.07, 6.45) is 4.62. The standard InChI is InChI=1S/C15H26N2O3/c1-15(2,3)20-14(19)17-9-7-12(8-10-17)16-13(18)11-5-4-6-11/h11-12H,4-10H2,1-3H3,(H,16,18). The Kier molecular flexibility index (Phi) is 4.55. The number of hydrogen-bond donors (Lipinski definition) is 1. The molecule has 114 valence electrons. The maximum absolute atomic E-state index is 11.9. The average molecular weight is 282 g/mol. The first-order valence-electron chi connectivity index (χ1n) is 7.63. The molecule has 0 unspecified atom stereocenters. The van der Waals surface area contributed by atoms with Crippen molar-refractivity contribution in [2.75, 3.05) is 13.1 Å². The fraction of sp³-hybridized carbons (Fsp3) is 0.867. The van der Waals surface area contributed by atoms with E-state index in [1.54, 1.807) is 4.90 Å². The van der Waals surface area contributed by atoms with Gasteiger partial charge in [-0.3, -0.25) is 4.79 Å². The van der Waals surface area contributed by atoms with Gasteiger partial charge in [-0.2, -0.15) is 0 Å². The maximum atomic E-state index is 11.9. The van der Waals surface area contributed by atoms with Crippen molar-refractivity contribution in [1.29, 1.82) is 0 Å². The Labute approximate surface area is 121 Å². The fourth-order valence-corrected chi connectivity index (χ4v) is 2.52. The molecule has 5 heteroatoms. The minimum Gasteiger partial charge on any atom is -0.444 e. The molecule has 1 N–H and O–H groups in total. The highest BCUT2D eigenvalue weighted by Gasteiger charge is 2.30. The highest BCUT2D eigenvalue weighted by atomic mass is 16.6. The number of likely N-dealkylation sites (tertiary alicyclic amines) is 1. The molecule has 2 aliphatic rings. The number of ether oxygens (including phenoxy) is 1. The molecular formula is C15H26N2O3. The Morgan fingerprint density at radius 3 is 2.15 bits per heavy atom. The van der Waals surface area contributed by atoms with E-state index in [1.165, 1.54) is 6.42 Å². The topological polar surface area (TPSA) is 58.6 Å². The second-order valence-electron chi connectivity index (χ2n) is 6.88. The van der Waals surface area contributed by atoms with Crippen molar-refractivity contribution in [2.24, 2.45) is 5.92 Å². The van der Waals surface area contributed by atoms with Crippen LogP contribution in [0.3, 0.4) is 0 Å². The second kappa shape index (κ2) is 6.02. The lowest BCUT2D eigenvalue weighted by Crippen LogP contribution is -2.49. The van der Waals surface area contributed by atoms with Crippen LogP contribution in [0.25, 0.3) is 0 Å². The molecular weight excluding hydrogens is 256 g/mol. The molecule has 1 saturated heterocycles. The number of carbonyl (C=O) groups excluding carboxylic acids is 2. The molecule has 1 saturated carbocycles. The predicted molar refractivity (Wildman–Crippen MR) is 76.3 cm³/mol. The van der Waals surface area contributed by atoms with Crippen LogP contribution >= 0.6 is 0 Å². The number of amides is 2. The Morgan fingerprint density at radius 2 is 1.70 bits per heavy atom. The average Bonchev–Trinajstić information content (AvgIpc) is 2.24. The predicted octanol–water partition coefficient (Wildman–Crippen LogP) is 2.30. The van der Waals surface area contributed by atoms with Crippen LogP contribution in [0.2, 0.25) is 0 Å². The molecule has 0 bridgehead atoms. The molecule has 1 aliphatic heterocycles. The van der Waals surface area contributed by atoms with Gasteiger partial charge in [0.25, 0.3) is 0 Å². The highest BCUT2D eigenvalue weighted by Crippen LogP contribution is 2.26. The molecule has 20 heavy (non-hydrogen) atoms. The Morgan fingerprint density at radius 1 is 1.10 bits per heavy atom. The number of nitrogens with one attached hydrogen (secondary N) is 1. The fourth-order valence-electron chi connectivity index (χ4n) is 2.52. The molecule has 0 spiro atoms. The van der Waals surface area contributed by atoms with E-state index in [-0.39, 0.29) is 24.0 Å². The summed E-state index contributed by atoms with van der Waals surface area (Å²) in [5.74, 6) is 0.436. The lowest BCUT2D eigenvalue weighted by Gasteiger charge is -2.35. The zero-order valence-corrected chi connectivity index (χ0v) is 12.8. The van der Waals surface area contributed by atoms with Crippen LogP contribution in [0.4, 0.5) is 4.79 Å². The Bertz CT molecular complexity index is 364. The van der Waals surface area contributed by atoms with Crippen LogP contribution < -0.4 is 5.32 Å². The van der Waals surface area contributed by atoms with Crippen LogP contribution in [0.15, 0.2) is 0 Å². The molecule has 0 atom stereocenters. The Hall–Kier alpha value is -1.26. The highest BCUT2D eigenvalue weighted by molar-refractivity contribution is 5.79. The number of hydrogen-bond acceptors (Lipinski definition) is 3. The van der Waals surface area contributed by atoms with E-state index >= 15 is 0 Å². The first-order valence-corrected chi connectivity index (χ1v) is 7.63. The third-order valence-corrected chi connectivity index (χ3v) is 3.97. The first-order chi connectivity index (χ1) is 9.35. The molecule has 0 aromatic carbocycles. The summed E-state index contributed by atoms with van der Waals surface area (Å²) in [7, 11) is 0. The number of nitrogens with zero attached hydrogens (tertiary/aromatic N) is 1. The summed E-state index contributed by atoms with van der Waals surface area (Å²) < 4.78 is 5.36. The first kappa shape index (κ1) is 15.1. The second-order valence-corrected chi connectivity index (χ2v) is 6.88. The van der Waals surface area contributed by atoms with Gasteiger partial charge in [0, 0.05) is 25.0 Å². The van der Waals surface area contributed by atoms with Gasteiger partial charge in [-0.1, -0.05) is 6.42 Å². The van der Waals surface area contributed by atoms with Crippen molar-refractivity contribution in [3.05, 3.63) is 0 Å². The van der Waals surface area contributed by atoms with E-state index < -0.39 is 5.60 Å². The van der Waals surface area contributed by atoms with Crippen molar-refractivity contribution in [3.63, 3.8) is 0 Å². The number of carbonyl (C=O) groups is 2. The SMILES string of the molecule is CC(C)(C)OC(=O)N1CCC(NC(=O)C2CCC2)CC1. The summed E-state index contributed by atoms with van der Waals surface area (Å²) in [5.41, 5.74) is -0.452. The van der Waals surface area contributed by atoms with Gasteiger partial charge in [-0.05, 0) is 46.5 Å². The van der Waals surface area contributed by atoms with Gasteiger partial charge in [0.2, 0.25) is 5.91 Å².